The van der Waals surface area contributed by atoms with Crippen LogP contribution in [0.1, 0.15) is 31.7 Å². The first-order chi connectivity index (χ1) is 12.0. The minimum Gasteiger partial charge on any atom is -0.455 e. The lowest BCUT2D eigenvalue weighted by atomic mass is 9.86. The molecule has 2 aromatic carbocycles. The van der Waals surface area contributed by atoms with E-state index in [4.69, 9.17) is 4.74 Å². The van der Waals surface area contributed by atoms with E-state index < -0.39 is 30.2 Å². The number of anilines is 1. The quantitative estimate of drug-likeness (QED) is 0.769. The molecule has 0 saturated carbocycles. The summed E-state index contributed by atoms with van der Waals surface area (Å²) in [6.07, 6.45) is 0.810. The Labute approximate surface area is 147 Å². The second kappa shape index (κ2) is 8.97. The Hall–Kier alpha value is -2.69. The third kappa shape index (κ3) is 5.41. The summed E-state index contributed by atoms with van der Waals surface area (Å²) in [6.45, 7) is 3.57. The molecule has 2 rings (SSSR count). The summed E-state index contributed by atoms with van der Waals surface area (Å²) in [5, 5.41) is 2.50. The van der Waals surface area contributed by atoms with Crippen LogP contribution in [-0.2, 0) is 14.3 Å². The maximum Gasteiger partial charge on any atom is 0.314 e. The van der Waals surface area contributed by atoms with Gasteiger partial charge in [0.15, 0.2) is 6.61 Å². The molecule has 0 radical (unpaired) electrons. The van der Waals surface area contributed by atoms with Gasteiger partial charge in [-0.15, -0.1) is 0 Å². The molecule has 25 heavy (non-hydrogen) atoms. The van der Waals surface area contributed by atoms with Gasteiger partial charge in [-0.3, -0.25) is 9.59 Å². The number of benzene rings is 2. The first-order valence-corrected chi connectivity index (χ1v) is 8.28. The van der Waals surface area contributed by atoms with Gasteiger partial charge in [0, 0.05) is 5.69 Å². The highest BCUT2D eigenvalue weighted by Gasteiger charge is 2.27. The molecule has 5 heteroatoms. The molecule has 0 aliphatic heterocycles. The molecule has 0 aliphatic rings. The fraction of sp³-hybridized carbons (Fsp3) is 0.300. The first kappa shape index (κ1) is 18.6. The lowest BCUT2D eigenvalue weighted by Gasteiger charge is -2.21. The number of carbonyl (C=O) groups excluding carboxylic acids is 2. The Morgan fingerprint density at radius 2 is 1.84 bits per heavy atom. The molecule has 0 unspecified atom stereocenters. The minimum absolute atomic E-state index is 0.0844. The Kier molecular flexibility index (Phi) is 6.69. The Balaban J connectivity index is 1.97. The van der Waals surface area contributed by atoms with Crippen LogP contribution < -0.4 is 5.32 Å². The molecule has 2 atom stereocenters. The Morgan fingerprint density at radius 1 is 1.12 bits per heavy atom. The maximum absolute atomic E-state index is 13.1. The zero-order chi connectivity index (χ0) is 18.2. The molecular weight excluding hydrogens is 321 g/mol. The van der Waals surface area contributed by atoms with Crippen LogP contribution in [-0.4, -0.2) is 18.5 Å². The van der Waals surface area contributed by atoms with E-state index in [2.05, 4.69) is 5.32 Å². The predicted octanol–water partition coefficient (Wildman–Crippen LogP) is 4.14. The topological polar surface area (TPSA) is 55.4 Å². The first-order valence-electron chi connectivity index (χ1n) is 8.28. The van der Waals surface area contributed by atoms with Gasteiger partial charge >= 0.3 is 5.97 Å². The fourth-order valence-corrected chi connectivity index (χ4v) is 2.58. The molecule has 0 saturated heterocycles. The van der Waals surface area contributed by atoms with E-state index in [0.29, 0.717) is 5.69 Å². The SMILES string of the molecule is CC[C@H](C)[C@@H](C(=O)OCC(=O)Nc1cccc(F)c1)c1ccccc1. The number of amides is 1. The van der Waals surface area contributed by atoms with Crippen molar-refractivity contribution >= 4 is 17.6 Å². The van der Waals surface area contributed by atoms with Crippen LogP contribution in [0.25, 0.3) is 0 Å². The lowest BCUT2D eigenvalue weighted by molar-refractivity contribution is -0.150. The third-order valence-corrected chi connectivity index (χ3v) is 4.08. The van der Waals surface area contributed by atoms with Crippen molar-refractivity contribution in [1.29, 1.82) is 0 Å². The maximum atomic E-state index is 13.1. The summed E-state index contributed by atoms with van der Waals surface area (Å²) in [4.78, 5) is 24.4. The molecule has 0 aromatic heterocycles. The van der Waals surface area contributed by atoms with Crippen LogP contribution in [0.5, 0.6) is 0 Å². The number of hydrogen-bond donors (Lipinski definition) is 1. The van der Waals surface area contributed by atoms with Gasteiger partial charge in [0.2, 0.25) is 0 Å². The highest BCUT2D eigenvalue weighted by molar-refractivity contribution is 5.93. The van der Waals surface area contributed by atoms with Crippen molar-refractivity contribution in [2.24, 2.45) is 5.92 Å². The molecule has 1 N–H and O–H groups in total. The largest absolute Gasteiger partial charge is 0.455 e. The molecule has 0 heterocycles. The minimum atomic E-state index is -0.505. The van der Waals surface area contributed by atoms with E-state index in [1.807, 2.05) is 44.2 Å². The molecular formula is C20H22FNO3. The van der Waals surface area contributed by atoms with Crippen LogP contribution in [0, 0.1) is 11.7 Å². The van der Waals surface area contributed by atoms with E-state index in [0.717, 1.165) is 12.0 Å². The zero-order valence-electron chi connectivity index (χ0n) is 14.4. The molecule has 0 aliphatic carbocycles. The lowest BCUT2D eigenvalue weighted by Crippen LogP contribution is -2.26. The smallest absolute Gasteiger partial charge is 0.314 e. The highest BCUT2D eigenvalue weighted by atomic mass is 19.1. The zero-order valence-corrected chi connectivity index (χ0v) is 14.4. The van der Waals surface area contributed by atoms with E-state index in [1.165, 1.54) is 18.2 Å². The van der Waals surface area contributed by atoms with Crippen molar-refractivity contribution in [3.05, 3.63) is 66.0 Å². The Bertz CT molecular complexity index is 718. The van der Waals surface area contributed by atoms with Gasteiger partial charge < -0.3 is 10.1 Å². The van der Waals surface area contributed by atoms with Crippen molar-refractivity contribution in [2.45, 2.75) is 26.2 Å². The fourth-order valence-electron chi connectivity index (χ4n) is 2.58. The molecule has 0 bridgehead atoms. The van der Waals surface area contributed by atoms with Gasteiger partial charge in [-0.1, -0.05) is 56.7 Å². The average molecular weight is 343 g/mol. The van der Waals surface area contributed by atoms with Crippen molar-refractivity contribution in [1.82, 2.24) is 0 Å². The van der Waals surface area contributed by atoms with Gasteiger partial charge in [-0.25, -0.2) is 4.39 Å². The summed E-state index contributed by atoms with van der Waals surface area (Å²) in [6, 6.07) is 14.9. The molecule has 132 valence electrons. The van der Waals surface area contributed by atoms with Gasteiger partial charge in [0.1, 0.15) is 5.82 Å². The second-order valence-electron chi connectivity index (χ2n) is 5.94. The number of carbonyl (C=O) groups is 2. The number of halogens is 1. The van der Waals surface area contributed by atoms with Crippen molar-refractivity contribution in [3.63, 3.8) is 0 Å². The number of hydrogen-bond acceptors (Lipinski definition) is 3. The number of nitrogens with one attached hydrogen (secondary N) is 1. The third-order valence-electron chi connectivity index (χ3n) is 4.08. The van der Waals surface area contributed by atoms with Gasteiger partial charge in [-0.2, -0.15) is 0 Å². The molecule has 1 amide bonds. The molecule has 0 spiro atoms. The summed E-state index contributed by atoms with van der Waals surface area (Å²) in [5.74, 6) is -1.73. The summed E-state index contributed by atoms with van der Waals surface area (Å²) < 4.78 is 18.3. The van der Waals surface area contributed by atoms with Crippen LogP contribution in [0.15, 0.2) is 54.6 Å². The standard InChI is InChI=1S/C20H22FNO3/c1-3-14(2)19(15-8-5-4-6-9-15)20(24)25-13-18(23)22-17-11-7-10-16(21)12-17/h4-12,14,19H,3,13H2,1-2H3,(H,22,23)/t14-,19+/m0/s1. The van der Waals surface area contributed by atoms with Crippen LogP contribution in [0.4, 0.5) is 10.1 Å². The average Bonchev–Trinajstić information content (AvgIpc) is 2.61. The second-order valence-corrected chi connectivity index (χ2v) is 5.94. The normalized spacial score (nSPS) is 12.9. The van der Waals surface area contributed by atoms with Crippen molar-refractivity contribution in [2.75, 3.05) is 11.9 Å². The highest BCUT2D eigenvalue weighted by Crippen LogP contribution is 2.28. The van der Waals surface area contributed by atoms with E-state index in [9.17, 15) is 14.0 Å². The van der Waals surface area contributed by atoms with Crippen molar-refractivity contribution < 1.29 is 18.7 Å². The van der Waals surface area contributed by atoms with E-state index >= 15 is 0 Å². The van der Waals surface area contributed by atoms with Crippen LogP contribution in [0.3, 0.4) is 0 Å². The van der Waals surface area contributed by atoms with E-state index in [1.54, 1.807) is 6.07 Å². The molecule has 4 nitrogen and oxygen atoms in total. The number of esters is 1. The van der Waals surface area contributed by atoms with Crippen LogP contribution >= 0.6 is 0 Å². The van der Waals surface area contributed by atoms with Crippen LogP contribution in [0.2, 0.25) is 0 Å². The number of rotatable bonds is 7. The molecule has 2 aromatic rings. The molecule has 0 fully saturated rings. The van der Waals surface area contributed by atoms with Crippen molar-refractivity contribution in [3.8, 4) is 0 Å². The van der Waals surface area contributed by atoms with Gasteiger partial charge in [0.05, 0.1) is 5.92 Å². The van der Waals surface area contributed by atoms with Gasteiger partial charge in [-0.05, 0) is 29.7 Å². The summed E-state index contributed by atoms with van der Waals surface area (Å²) in [7, 11) is 0. The van der Waals surface area contributed by atoms with E-state index in [-0.39, 0.29) is 5.92 Å². The summed E-state index contributed by atoms with van der Waals surface area (Å²) >= 11 is 0. The summed E-state index contributed by atoms with van der Waals surface area (Å²) in [5.41, 5.74) is 1.19. The number of ether oxygens (including phenoxy) is 1. The Morgan fingerprint density at radius 3 is 2.48 bits per heavy atom. The monoisotopic (exact) mass is 343 g/mol. The predicted molar refractivity (Wildman–Crippen MR) is 94.6 cm³/mol. The van der Waals surface area contributed by atoms with Gasteiger partial charge in [0.25, 0.3) is 5.91 Å².